The molecule has 0 atom stereocenters. The third-order valence-electron chi connectivity index (χ3n) is 4.21. The number of halogens is 3. The van der Waals surface area contributed by atoms with E-state index in [1.165, 1.54) is 6.07 Å². The number of hydrogen-bond donors (Lipinski definition) is 1. The van der Waals surface area contributed by atoms with Crippen LogP contribution >= 0.6 is 23.2 Å². The third-order valence-corrected chi connectivity index (χ3v) is 4.81. The van der Waals surface area contributed by atoms with Crippen molar-refractivity contribution in [3.05, 3.63) is 33.6 Å². The van der Waals surface area contributed by atoms with Gasteiger partial charge in [-0.3, -0.25) is 14.5 Å². The number of rotatable bonds is 4. The van der Waals surface area contributed by atoms with E-state index < -0.39 is 5.82 Å². The van der Waals surface area contributed by atoms with Gasteiger partial charge in [0, 0.05) is 32.2 Å². The summed E-state index contributed by atoms with van der Waals surface area (Å²) in [6.45, 7) is 2.47. The summed E-state index contributed by atoms with van der Waals surface area (Å²) in [5.41, 5.74) is 0.110. The van der Waals surface area contributed by atoms with Crippen LogP contribution < -0.4 is 5.32 Å². The molecular formula is C16H18Cl2FN3O2. The van der Waals surface area contributed by atoms with Crippen LogP contribution in [0.25, 0.3) is 0 Å². The van der Waals surface area contributed by atoms with Gasteiger partial charge in [0.05, 0.1) is 22.2 Å². The van der Waals surface area contributed by atoms with Gasteiger partial charge >= 0.3 is 0 Å². The molecule has 1 N–H and O–H groups in total. The van der Waals surface area contributed by atoms with Crippen molar-refractivity contribution < 1.29 is 14.0 Å². The minimum atomic E-state index is -0.667. The van der Waals surface area contributed by atoms with Crippen molar-refractivity contribution in [3.63, 3.8) is 0 Å². The first kappa shape index (κ1) is 17.5. The van der Waals surface area contributed by atoms with Crippen LogP contribution in [0.3, 0.4) is 0 Å². The van der Waals surface area contributed by atoms with Crippen molar-refractivity contribution in [2.75, 3.05) is 32.7 Å². The molecule has 130 valence electrons. The van der Waals surface area contributed by atoms with Crippen LogP contribution in [-0.2, 0) is 4.79 Å². The zero-order valence-electron chi connectivity index (χ0n) is 13.0. The van der Waals surface area contributed by atoms with Crippen LogP contribution in [0.1, 0.15) is 23.2 Å². The maximum absolute atomic E-state index is 13.6. The van der Waals surface area contributed by atoms with Gasteiger partial charge in [-0.25, -0.2) is 4.39 Å². The van der Waals surface area contributed by atoms with E-state index in [4.69, 9.17) is 23.2 Å². The Balaban J connectivity index is 1.55. The van der Waals surface area contributed by atoms with E-state index in [0.29, 0.717) is 38.8 Å². The number of piperazine rings is 1. The first-order valence-electron chi connectivity index (χ1n) is 7.89. The number of hydrogen-bond acceptors (Lipinski definition) is 3. The van der Waals surface area contributed by atoms with E-state index in [2.05, 4.69) is 5.32 Å². The molecule has 0 radical (unpaired) electrons. The summed E-state index contributed by atoms with van der Waals surface area (Å²) in [5.74, 6) is -0.961. The predicted molar refractivity (Wildman–Crippen MR) is 89.9 cm³/mol. The van der Waals surface area contributed by atoms with Gasteiger partial charge in [0.15, 0.2) is 0 Å². The van der Waals surface area contributed by atoms with Crippen molar-refractivity contribution in [2.24, 2.45) is 0 Å². The largest absolute Gasteiger partial charge is 0.352 e. The lowest BCUT2D eigenvalue weighted by atomic mass is 10.1. The summed E-state index contributed by atoms with van der Waals surface area (Å²) in [6, 6.07) is 2.66. The van der Waals surface area contributed by atoms with Crippen LogP contribution in [-0.4, -0.2) is 60.4 Å². The Kier molecular flexibility index (Phi) is 5.27. The Morgan fingerprint density at radius 2 is 1.79 bits per heavy atom. The van der Waals surface area contributed by atoms with Crippen LogP contribution in [0.15, 0.2) is 12.1 Å². The summed E-state index contributed by atoms with van der Waals surface area (Å²) in [5, 5.41) is 2.98. The first-order chi connectivity index (χ1) is 11.4. The zero-order valence-corrected chi connectivity index (χ0v) is 14.5. The second-order valence-corrected chi connectivity index (χ2v) is 6.97. The standard InChI is InChI=1S/C16H18Cl2FN3O2/c17-12-8-13(18)14(19)7-11(12)16(24)22-5-3-21(4-6-22)9-15(23)20-10-1-2-10/h7-8,10H,1-6,9H2,(H,20,23). The number of carbonyl (C=O) groups is 2. The molecule has 1 aliphatic carbocycles. The molecule has 0 aromatic heterocycles. The first-order valence-corrected chi connectivity index (χ1v) is 8.65. The molecule has 5 nitrogen and oxygen atoms in total. The summed E-state index contributed by atoms with van der Waals surface area (Å²) >= 11 is 11.7. The molecule has 1 saturated carbocycles. The molecule has 1 saturated heterocycles. The second kappa shape index (κ2) is 7.25. The fraction of sp³-hybridized carbons (Fsp3) is 0.500. The van der Waals surface area contributed by atoms with Gasteiger partial charge in [0.25, 0.3) is 5.91 Å². The summed E-state index contributed by atoms with van der Waals surface area (Å²) in [6.07, 6.45) is 2.12. The highest BCUT2D eigenvalue weighted by Gasteiger charge is 2.27. The molecule has 2 fully saturated rings. The van der Waals surface area contributed by atoms with Crippen LogP contribution in [0.4, 0.5) is 4.39 Å². The third kappa shape index (κ3) is 4.18. The molecule has 0 bridgehead atoms. The number of carbonyl (C=O) groups excluding carboxylic acids is 2. The minimum absolute atomic E-state index is 0.0279. The molecule has 0 spiro atoms. The molecular weight excluding hydrogens is 356 g/mol. The highest BCUT2D eigenvalue weighted by atomic mass is 35.5. The van der Waals surface area contributed by atoms with Crippen molar-refractivity contribution in [1.82, 2.24) is 15.1 Å². The van der Waals surface area contributed by atoms with Crippen molar-refractivity contribution in [2.45, 2.75) is 18.9 Å². The molecule has 1 aromatic carbocycles. The molecule has 3 rings (SSSR count). The SMILES string of the molecule is O=C(CN1CCN(C(=O)c2cc(F)c(Cl)cc2Cl)CC1)NC1CC1. The van der Waals surface area contributed by atoms with Gasteiger partial charge in [-0.1, -0.05) is 23.2 Å². The van der Waals surface area contributed by atoms with Gasteiger partial charge in [-0.2, -0.15) is 0 Å². The lowest BCUT2D eigenvalue weighted by Gasteiger charge is -2.34. The Bertz CT molecular complexity index is 659. The van der Waals surface area contributed by atoms with Crippen molar-refractivity contribution >= 4 is 35.0 Å². The number of nitrogens with one attached hydrogen (secondary N) is 1. The van der Waals surface area contributed by atoms with E-state index in [9.17, 15) is 14.0 Å². The highest BCUT2D eigenvalue weighted by molar-refractivity contribution is 6.36. The Labute approximate surface area is 149 Å². The maximum atomic E-state index is 13.6. The predicted octanol–water partition coefficient (Wildman–Crippen LogP) is 2.17. The summed E-state index contributed by atoms with van der Waals surface area (Å²) in [7, 11) is 0. The van der Waals surface area contributed by atoms with E-state index in [0.717, 1.165) is 18.9 Å². The molecule has 1 aromatic rings. The molecule has 0 unspecified atom stereocenters. The Hall–Kier alpha value is -1.37. The summed E-state index contributed by atoms with van der Waals surface area (Å²) in [4.78, 5) is 27.9. The molecule has 2 aliphatic rings. The van der Waals surface area contributed by atoms with Crippen LogP contribution in [0.5, 0.6) is 0 Å². The fourth-order valence-corrected chi connectivity index (χ4v) is 3.13. The van der Waals surface area contributed by atoms with Gasteiger partial charge < -0.3 is 10.2 Å². The van der Waals surface area contributed by atoms with Crippen LogP contribution in [0.2, 0.25) is 10.0 Å². The average molecular weight is 374 g/mol. The topological polar surface area (TPSA) is 52.7 Å². The molecule has 24 heavy (non-hydrogen) atoms. The average Bonchev–Trinajstić information content (AvgIpc) is 3.35. The Morgan fingerprint density at radius 3 is 2.42 bits per heavy atom. The Morgan fingerprint density at radius 1 is 1.12 bits per heavy atom. The smallest absolute Gasteiger partial charge is 0.255 e. The quantitative estimate of drug-likeness (QED) is 0.822. The van der Waals surface area contributed by atoms with Crippen molar-refractivity contribution in [1.29, 1.82) is 0 Å². The summed E-state index contributed by atoms with van der Waals surface area (Å²) < 4.78 is 13.6. The van der Waals surface area contributed by atoms with Gasteiger partial charge in [-0.15, -0.1) is 0 Å². The highest BCUT2D eigenvalue weighted by Crippen LogP contribution is 2.25. The lowest BCUT2D eigenvalue weighted by molar-refractivity contribution is -0.122. The van der Waals surface area contributed by atoms with Gasteiger partial charge in [-0.05, 0) is 25.0 Å². The van der Waals surface area contributed by atoms with Crippen molar-refractivity contribution in [3.8, 4) is 0 Å². The molecule has 2 amide bonds. The number of nitrogens with zero attached hydrogens (tertiary/aromatic N) is 2. The minimum Gasteiger partial charge on any atom is -0.352 e. The van der Waals surface area contributed by atoms with Crippen LogP contribution in [0, 0.1) is 5.82 Å². The molecule has 1 heterocycles. The molecule has 8 heteroatoms. The number of benzene rings is 1. The van der Waals surface area contributed by atoms with Gasteiger partial charge in [0.2, 0.25) is 5.91 Å². The van der Waals surface area contributed by atoms with E-state index in [1.807, 2.05) is 4.90 Å². The zero-order chi connectivity index (χ0) is 17.3. The lowest BCUT2D eigenvalue weighted by Crippen LogP contribution is -2.51. The molecule has 1 aliphatic heterocycles. The monoisotopic (exact) mass is 373 g/mol. The maximum Gasteiger partial charge on any atom is 0.255 e. The second-order valence-electron chi connectivity index (χ2n) is 6.16. The van der Waals surface area contributed by atoms with E-state index in [1.54, 1.807) is 4.90 Å². The van der Waals surface area contributed by atoms with Gasteiger partial charge in [0.1, 0.15) is 5.82 Å². The number of amides is 2. The fourth-order valence-electron chi connectivity index (χ4n) is 2.67. The van der Waals surface area contributed by atoms with E-state index >= 15 is 0 Å². The normalized spacial score (nSPS) is 18.5. The van der Waals surface area contributed by atoms with E-state index in [-0.39, 0.29) is 27.4 Å².